The molecule has 6 nitrogen and oxygen atoms in total. The highest BCUT2D eigenvalue weighted by Crippen LogP contribution is 2.40. The zero-order valence-electron chi connectivity index (χ0n) is 16.1. The number of rotatable bonds is 8. The summed E-state index contributed by atoms with van der Waals surface area (Å²) in [5, 5.41) is 23.6. The second-order valence-corrected chi connectivity index (χ2v) is 9.81. The van der Waals surface area contributed by atoms with Gasteiger partial charge in [-0.15, -0.1) is 21.5 Å². The Morgan fingerprint density at radius 3 is 2.78 bits per heavy atom. The quantitative estimate of drug-likeness (QED) is 0.678. The van der Waals surface area contributed by atoms with Crippen LogP contribution >= 0.6 is 23.1 Å². The first-order valence-corrected chi connectivity index (χ1v) is 11.0. The van der Waals surface area contributed by atoms with Crippen molar-refractivity contribution in [2.75, 3.05) is 0 Å². The Labute approximate surface area is 168 Å². The molecule has 3 rings (SSSR count). The second kappa shape index (κ2) is 8.03. The molecule has 27 heavy (non-hydrogen) atoms. The number of thioether (sulfide) groups is 1. The first-order valence-electron chi connectivity index (χ1n) is 9.20. The smallest absolute Gasteiger partial charge is 0.234 e. The Morgan fingerprint density at radius 1 is 1.48 bits per heavy atom. The Balaban J connectivity index is 1.72. The summed E-state index contributed by atoms with van der Waals surface area (Å²) >= 11 is 3.13. The molecule has 2 unspecified atom stereocenters. The van der Waals surface area contributed by atoms with Crippen LogP contribution in [0.1, 0.15) is 57.3 Å². The van der Waals surface area contributed by atoms with E-state index in [1.54, 1.807) is 18.3 Å². The number of nitrogens with one attached hydrogen (secondary N) is 1. The minimum atomic E-state index is -0.875. The Hall–Kier alpha value is -1.85. The molecule has 0 spiro atoms. The van der Waals surface area contributed by atoms with E-state index in [4.69, 9.17) is 0 Å². The van der Waals surface area contributed by atoms with Crippen LogP contribution in [0.25, 0.3) is 0 Å². The van der Waals surface area contributed by atoms with Crippen LogP contribution in [0.15, 0.2) is 22.7 Å². The number of carbonyl (C=O) groups excluding carboxylic acids is 1. The molecule has 2 aromatic rings. The van der Waals surface area contributed by atoms with Crippen molar-refractivity contribution in [3.05, 3.63) is 28.2 Å². The number of nitriles is 1. The minimum Gasteiger partial charge on any atom is -0.337 e. The number of amides is 1. The van der Waals surface area contributed by atoms with E-state index in [0.717, 1.165) is 30.2 Å². The summed E-state index contributed by atoms with van der Waals surface area (Å²) in [6, 6.07) is 6.81. The lowest BCUT2D eigenvalue weighted by molar-refractivity contribution is -0.121. The molecular formula is C19H25N5OS2. The Bertz CT molecular complexity index is 835. The molecule has 0 saturated heterocycles. The minimum absolute atomic E-state index is 0.0242. The topological polar surface area (TPSA) is 83.6 Å². The lowest BCUT2D eigenvalue weighted by Crippen LogP contribution is -2.51. The van der Waals surface area contributed by atoms with Gasteiger partial charge in [0.15, 0.2) is 5.16 Å². The third-order valence-electron chi connectivity index (χ3n) is 4.98. The largest absolute Gasteiger partial charge is 0.337 e. The van der Waals surface area contributed by atoms with Crippen LogP contribution < -0.4 is 5.32 Å². The molecule has 2 aromatic heterocycles. The lowest BCUT2D eigenvalue weighted by Gasteiger charge is -2.28. The van der Waals surface area contributed by atoms with Gasteiger partial charge in [0.25, 0.3) is 0 Å². The zero-order chi connectivity index (χ0) is 19.6. The van der Waals surface area contributed by atoms with Crippen LogP contribution in [0.4, 0.5) is 0 Å². The van der Waals surface area contributed by atoms with Crippen molar-refractivity contribution in [3.63, 3.8) is 0 Å². The lowest BCUT2D eigenvalue weighted by atomic mass is 9.90. The molecular weight excluding hydrogens is 378 g/mol. The Morgan fingerprint density at radius 2 is 2.22 bits per heavy atom. The van der Waals surface area contributed by atoms with Crippen LogP contribution in [0.3, 0.4) is 0 Å². The monoisotopic (exact) mass is 403 g/mol. The fourth-order valence-electron chi connectivity index (χ4n) is 2.65. The summed E-state index contributed by atoms with van der Waals surface area (Å²) < 4.78 is 2.19. The molecule has 1 saturated carbocycles. The van der Waals surface area contributed by atoms with Gasteiger partial charge in [0.1, 0.15) is 11.4 Å². The molecule has 1 aliphatic carbocycles. The van der Waals surface area contributed by atoms with Crippen LogP contribution in [0.2, 0.25) is 0 Å². The van der Waals surface area contributed by atoms with Crippen molar-refractivity contribution in [2.24, 2.45) is 5.92 Å². The highest BCUT2D eigenvalue weighted by molar-refractivity contribution is 8.00. The van der Waals surface area contributed by atoms with Crippen molar-refractivity contribution in [3.8, 4) is 6.07 Å². The maximum Gasteiger partial charge on any atom is 0.234 e. The molecule has 144 valence electrons. The molecule has 8 heteroatoms. The van der Waals surface area contributed by atoms with Crippen LogP contribution in [-0.2, 0) is 11.2 Å². The van der Waals surface area contributed by atoms with Crippen molar-refractivity contribution in [1.29, 1.82) is 5.26 Å². The fraction of sp³-hybridized carbons (Fsp3) is 0.579. The van der Waals surface area contributed by atoms with Crippen LogP contribution in [0, 0.1) is 17.2 Å². The standard InChI is InChI=1S/C19H25N5OS2/c1-12(2)19(4,11-20)21-17(25)13(3)27-18-23-22-16(24(18)14-7-8-14)10-15-6-5-9-26-15/h5-6,9,12-14H,7-8,10H2,1-4H3,(H,21,25). The number of thiophene rings is 1. The van der Waals surface area contributed by atoms with E-state index in [0.29, 0.717) is 6.04 Å². The number of carbonyl (C=O) groups is 1. The van der Waals surface area contributed by atoms with Gasteiger partial charge in [-0.25, -0.2) is 0 Å². The van der Waals surface area contributed by atoms with Gasteiger partial charge in [-0.1, -0.05) is 31.7 Å². The summed E-state index contributed by atoms with van der Waals surface area (Å²) in [6.07, 6.45) is 3.02. The summed E-state index contributed by atoms with van der Waals surface area (Å²) in [5.74, 6) is 0.832. The number of nitrogens with zero attached hydrogens (tertiary/aromatic N) is 4. The maximum absolute atomic E-state index is 12.6. The normalized spacial score (nSPS) is 17.3. The molecule has 2 heterocycles. The summed E-state index contributed by atoms with van der Waals surface area (Å²) in [5.41, 5.74) is -0.875. The van der Waals surface area contributed by atoms with Crippen molar-refractivity contribution < 1.29 is 4.79 Å². The predicted molar refractivity (Wildman–Crippen MR) is 108 cm³/mol. The van der Waals surface area contributed by atoms with E-state index < -0.39 is 5.54 Å². The highest BCUT2D eigenvalue weighted by Gasteiger charge is 2.34. The molecule has 1 amide bonds. The SMILES string of the molecule is CC(Sc1nnc(Cc2cccs2)n1C1CC1)C(=O)NC(C)(C#N)C(C)C. The molecule has 0 bridgehead atoms. The van der Waals surface area contributed by atoms with Gasteiger partial charge in [-0.05, 0) is 44.1 Å². The third kappa shape index (κ3) is 4.53. The first kappa shape index (κ1) is 19.9. The van der Waals surface area contributed by atoms with Crippen LogP contribution in [0.5, 0.6) is 0 Å². The fourth-order valence-corrected chi connectivity index (χ4v) is 4.29. The molecule has 1 fully saturated rings. The molecule has 0 radical (unpaired) electrons. The van der Waals surface area contributed by atoms with E-state index >= 15 is 0 Å². The number of hydrogen-bond donors (Lipinski definition) is 1. The summed E-state index contributed by atoms with van der Waals surface area (Å²) in [6.45, 7) is 7.48. The average Bonchev–Trinajstić information content (AvgIpc) is 3.19. The Kier molecular flexibility index (Phi) is 5.92. The third-order valence-corrected chi connectivity index (χ3v) is 6.91. The molecule has 2 atom stereocenters. The van der Waals surface area contributed by atoms with Gasteiger partial charge < -0.3 is 9.88 Å². The van der Waals surface area contributed by atoms with Crippen molar-refractivity contribution >= 4 is 29.0 Å². The van der Waals surface area contributed by atoms with Crippen molar-refractivity contribution in [2.45, 2.75) is 68.9 Å². The molecule has 1 N–H and O–H groups in total. The first-order chi connectivity index (χ1) is 12.8. The van der Waals surface area contributed by atoms with Gasteiger partial charge in [-0.2, -0.15) is 5.26 Å². The number of aromatic nitrogens is 3. The second-order valence-electron chi connectivity index (χ2n) is 7.47. The van der Waals surface area contributed by atoms with Crippen LogP contribution in [-0.4, -0.2) is 31.5 Å². The summed E-state index contributed by atoms with van der Waals surface area (Å²) in [7, 11) is 0. The maximum atomic E-state index is 12.6. The van der Waals surface area contributed by atoms with E-state index in [9.17, 15) is 10.1 Å². The highest BCUT2D eigenvalue weighted by atomic mass is 32.2. The van der Waals surface area contributed by atoms with E-state index in [2.05, 4.69) is 37.6 Å². The van der Waals surface area contributed by atoms with Gasteiger partial charge >= 0.3 is 0 Å². The van der Waals surface area contributed by atoms with E-state index in [-0.39, 0.29) is 17.1 Å². The zero-order valence-corrected chi connectivity index (χ0v) is 17.7. The molecule has 0 aromatic carbocycles. The van der Waals surface area contributed by atoms with E-state index in [1.807, 2.05) is 26.8 Å². The average molecular weight is 404 g/mol. The summed E-state index contributed by atoms with van der Waals surface area (Å²) in [4.78, 5) is 13.9. The van der Waals surface area contributed by atoms with Gasteiger partial charge in [0.2, 0.25) is 5.91 Å². The number of hydrogen-bond acceptors (Lipinski definition) is 6. The molecule has 1 aliphatic rings. The van der Waals surface area contributed by atoms with Gasteiger partial charge in [-0.3, -0.25) is 4.79 Å². The van der Waals surface area contributed by atoms with Gasteiger partial charge in [0.05, 0.1) is 11.3 Å². The van der Waals surface area contributed by atoms with E-state index in [1.165, 1.54) is 16.6 Å². The predicted octanol–water partition coefficient (Wildman–Crippen LogP) is 3.80. The van der Waals surface area contributed by atoms with Gasteiger partial charge in [0, 0.05) is 17.3 Å². The van der Waals surface area contributed by atoms with Crippen molar-refractivity contribution in [1.82, 2.24) is 20.1 Å². The molecule has 0 aliphatic heterocycles.